The molecule has 1 unspecified atom stereocenters. The summed E-state index contributed by atoms with van der Waals surface area (Å²) < 4.78 is 5.21. The van der Waals surface area contributed by atoms with Gasteiger partial charge in [0.15, 0.2) is 0 Å². The maximum atomic E-state index is 10.9. The Morgan fingerprint density at radius 2 is 2.47 bits per heavy atom. The highest BCUT2D eigenvalue weighted by Gasteiger charge is 2.29. The Balaban J connectivity index is 2.31. The molecule has 1 fully saturated rings. The molecular weight excluding hydrogens is 248 g/mol. The fourth-order valence-electron chi connectivity index (χ4n) is 1.82. The molecule has 7 nitrogen and oxygen atoms in total. The number of aromatic nitrogens is 2. The number of anilines is 1. The van der Waals surface area contributed by atoms with Crippen LogP contribution in [0, 0.1) is 10.1 Å². The van der Waals surface area contributed by atoms with Crippen LogP contribution in [0.25, 0.3) is 0 Å². The highest BCUT2D eigenvalue weighted by atomic mass is 35.5. The summed E-state index contributed by atoms with van der Waals surface area (Å²) in [4.78, 5) is 19.7. The molecule has 1 aromatic rings. The van der Waals surface area contributed by atoms with Gasteiger partial charge in [-0.25, -0.2) is 4.98 Å². The third-order valence-electron chi connectivity index (χ3n) is 2.70. The molecule has 8 heteroatoms. The molecule has 0 amide bonds. The SMILES string of the molecule is COC1CCN(c2nc(Cl)ncc2[N+](=O)[O-])C1. The molecule has 0 radical (unpaired) electrons. The highest BCUT2D eigenvalue weighted by molar-refractivity contribution is 6.28. The predicted octanol–water partition coefficient (Wildman–Crippen LogP) is 1.26. The molecule has 0 N–H and O–H groups in total. The van der Waals surface area contributed by atoms with Crippen LogP contribution in [-0.2, 0) is 4.74 Å². The molecule has 1 aliphatic rings. The molecule has 1 aliphatic heterocycles. The third kappa shape index (κ3) is 2.45. The molecular formula is C9H11ClN4O3. The van der Waals surface area contributed by atoms with Crippen LogP contribution >= 0.6 is 11.6 Å². The second kappa shape index (κ2) is 4.80. The number of methoxy groups -OCH3 is 1. The fraction of sp³-hybridized carbons (Fsp3) is 0.556. The van der Waals surface area contributed by atoms with Gasteiger partial charge in [0.2, 0.25) is 11.1 Å². The molecule has 1 aromatic heterocycles. The van der Waals surface area contributed by atoms with Crippen molar-refractivity contribution >= 4 is 23.1 Å². The van der Waals surface area contributed by atoms with Crippen molar-refractivity contribution in [3.63, 3.8) is 0 Å². The Morgan fingerprint density at radius 3 is 3.06 bits per heavy atom. The van der Waals surface area contributed by atoms with E-state index in [9.17, 15) is 10.1 Å². The zero-order chi connectivity index (χ0) is 12.4. The first-order valence-electron chi connectivity index (χ1n) is 5.06. The molecule has 2 rings (SSSR count). The minimum atomic E-state index is -0.508. The van der Waals surface area contributed by atoms with Gasteiger partial charge >= 0.3 is 5.69 Å². The number of rotatable bonds is 3. The van der Waals surface area contributed by atoms with Crippen LogP contribution in [-0.4, -0.2) is 41.2 Å². The van der Waals surface area contributed by atoms with E-state index in [0.29, 0.717) is 13.1 Å². The quantitative estimate of drug-likeness (QED) is 0.461. The Labute approximate surface area is 103 Å². The van der Waals surface area contributed by atoms with Crippen LogP contribution in [0.4, 0.5) is 11.5 Å². The van der Waals surface area contributed by atoms with Crippen LogP contribution in [0.5, 0.6) is 0 Å². The normalized spacial score (nSPS) is 19.6. The van der Waals surface area contributed by atoms with Crippen molar-refractivity contribution in [2.24, 2.45) is 0 Å². The summed E-state index contributed by atoms with van der Waals surface area (Å²) in [6.07, 6.45) is 2.02. The van der Waals surface area contributed by atoms with Crippen molar-refractivity contribution in [3.8, 4) is 0 Å². The Hall–Kier alpha value is -1.47. The zero-order valence-electron chi connectivity index (χ0n) is 9.17. The van der Waals surface area contributed by atoms with E-state index in [4.69, 9.17) is 16.3 Å². The van der Waals surface area contributed by atoms with Crippen molar-refractivity contribution in [2.75, 3.05) is 25.1 Å². The van der Waals surface area contributed by atoms with Crippen molar-refractivity contribution in [1.82, 2.24) is 9.97 Å². The lowest BCUT2D eigenvalue weighted by molar-refractivity contribution is -0.384. The predicted molar refractivity (Wildman–Crippen MR) is 61.3 cm³/mol. The molecule has 0 saturated carbocycles. The van der Waals surface area contributed by atoms with Gasteiger partial charge in [0.1, 0.15) is 6.20 Å². The van der Waals surface area contributed by atoms with Crippen molar-refractivity contribution in [2.45, 2.75) is 12.5 Å². The first kappa shape index (κ1) is 12.0. The number of ether oxygens (including phenoxy) is 1. The molecule has 0 bridgehead atoms. The molecule has 0 aliphatic carbocycles. The lowest BCUT2D eigenvalue weighted by atomic mass is 10.3. The van der Waals surface area contributed by atoms with E-state index in [1.807, 2.05) is 0 Å². The molecule has 0 spiro atoms. The summed E-state index contributed by atoms with van der Waals surface area (Å²) in [6, 6.07) is 0. The molecule has 92 valence electrons. The number of hydrogen-bond donors (Lipinski definition) is 0. The van der Waals surface area contributed by atoms with E-state index < -0.39 is 4.92 Å². The van der Waals surface area contributed by atoms with Gasteiger partial charge < -0.3 is 9.64 Å². The smallest absolute Gasteiger partial charge is 0.329 e. The first-order valence-corrected chi connectivity index (χ1v) is 5.44. The second-order valence-electron chi connectivity index (χ2n) is 3.70. The monoisotopic (exact) mass is 258 g/mol. The summed E-state index contributed by atoms with van der Waals surface area (Å²) >= 11 is 5.67. The van der Waals surface area contributed by atoms with Crippen molar-refractivity contribution in [3.05, 3.63) is 21.6 Å². The summed E-state index contributed by atoms with van der Waals surface area (Å²) in [5.41, 5.74) is -0.133. The van der Waals surface area contributed by atoms with Crippen LogP contribution in [0.3, 0.4) is 0 Å². The molecule has 1 saturated heterocycles. The Morgan fingerprint density at radius 1 is 1.71 bits per heavy atom. The van der Waals surface area contributed by atoms with Gasteiger partial charge in [-0.15, -0.1) is 0 Å². The number of nitro groups is 1. The first-order chi connectivity index (χ1) is 8.11. The van der Waals surface area contributed by atoms with Gasteiger partial charge in [-0.2, -0.15) is 4.98 Å². The third-order valence-corrected chi connectivity index (χ3v) is 2.88. The maximum absolute atomic E-state index is 10.9. The lowest BCUT2D eigenvalue weighted by Gasteiger charge is -2.16. The van der Waals surface area contributed by atoms with E-state index in [1.165, 1.54) is 0 Å². The number of nitrogens with zero attached hydrogens (tertiary/aromatic N) is 4. The van der Waals surface area contributed by atoms with E-state index >= 15 is 0 Å². The molecule has 0 aromatic carbocycles. The lowest BCUT2D eigenvalue weighted by Crippen LogP contribution is -2.24. The topological polar surface area (TPSA) is 81.4 Å². The maximum Gasteiger partial charge on any atom is 0.329 e. The van der Waals surface area contributed by atoms with E-state index in [2.05, 4.69) is 9.97 Å². The minimum Gasteiger partial charge on any atom is -0.380 e. The molecule has 17 heavy (non-hydrogen) atoms. The van der Waals surface area contributed by atoms with Gasteiger partial charge in [-0.3, -0.25) is 10.1 Å². The van der Waals surface area contributed by atoms with Crippen LogP contribution in [0.15, 0.2) is 6.20 Å². The Kier molecular flexibility index (Phi) is 3.39. The summed E-state index contributed by atoms with van der Waals surface area (Å²) in [7, 11) is 1.62. The van der Waals surface area contributed by atoms with Crippen LogP contribution in [0.1, 0.15) is 6.42 Å². The van der Waals surface area contributed by atoms with E-state index in [-0.39, 0.29) is 22.9 Å². The van der Waals surface area contributed by atoms with Crippen LogP contribution in [0.2, 0.25) is 5.28 Å². The minimum absolute atomic E-state index is 0.00599. The van der Waals surface area contributed by atoms with Gasteiger partial charge in [0.25, 0.3) is 0 Å². The number of halogens is 1. The largest absolute Gasteiger partial charge is 0.380 e. The zero-order valence-corrected chi connectivity index (χ0v) is 9.92. The average Bonchev–Trinajstić information content (AvgIpc) is 2.76. The summed E-state index contributed by atoms with van der Waals surface area (Å²) in [5, 5.41) is 10.9. The Bertz CT molecular complexity index is 442. The van der Waals surface area contributed by atoms with Gasteiger partial charge in [-0.1, -0.05) is 0 Å². The van der Waals surface area contributed by atoms with Crippen molar-refractivity contribution < 1.29 is 9.66 Å². The van der Waals surface area contributed by atoms with E-state index in [1.54, 1.807) is 12.0 Å². The van der Waals surface area contributed by atoms with E-state index in [0.717, 1.165) is 12.6 Å². The van der Waals surface area contributed by atoms with Gasteiger partial charge in [0, 0.05) is 20.2 Å². The molecule has 1 atom stereocenters. The van der Waals surface area contributed by atoms with Gasteiger partial charge in [-0.05, 0) is 18.0 Å². The van der Waals surface area contributed by atoms with Crippen molar-refractivity contribution in [1.29, 1.82) is 0 Å². The summed E-state index contributed by atoms with van der Waals surface area (Å²) in [5.74, 6) is 0.259. The average molecular weight is 259 g/mol. The second-order valence-corrected chi connectivity index (χ2v) is 4.04. The van der Waals surface area contributed by atoms with Crippen LogP contribution < -0.4 is 4.90 Å². The fourth-order valence-corrected chi connectivity index (χ4v) is 1.95. The highest BCUT2D eigenvalue weighted by Crippen LogP contribution is 2.29. The number of hydrogen-bond acceptors (Lipinski definition) is 6. The molecule has 2 heterocycles. The standard InChI is InChI=1S/C9H11ClN4O3/c1-17-6-2-3-13(5-6)8-7(14(15)16)4-11-9(10)12-8/h4,6H,2-3,5H2,1H3. The van der Waals surface area contributed by atoms with Gasteiger partial charge in [0.05, 0.1) is 11.0 Å². The summed E-state index contributed by atoms with van der Waals surface area (Å²) in [6.45, 7) is 1.23.